The van der Waals surface area contributed by atoms with Crippen LogP contribution in [0.1, 0.15) is 16.7 Å². The van der Waals surface area contributed by atoms with Gasteiger partial charge in [0.25, 0.3) is 0 Å². The van der Waals surface area contributed by atoms with Crippen LogP contribution in [-0.2, 0) is 5.75 Å². The first-order valence-electron chi connectivity index (χ1n) is 5.62. The summed E-state index contributed by atoms with van der Waals surface area (Å²) in [6.45, 7) is 4.24. The monoisotopic (exact) mass is 244 g/mol. The molecule has 0 saturated carbocycles. The lowest BCUT2D eigenvalue weighted by atomic mass is 10.1. The smallest absolute Gasteiger partial charge is 0.116 e. The molecule has 0 aliphatic rings. The van der Waals surface area contributed by atoms with Crippen LogP contribution in [0.25, 0.3) is 0 Å². The van der Waals surface area contributed by atoms with E-state index in [2.05, 4.69) is 32.0 Å². The van der Waals surface area contributed by atoms with Gasteiger partial charge in [0.15, 0.2) is 0 Å². The van der Waals surface area contributed by atoms with Gasteiger partial charge in [-0.15, -0.1) is 11.8 Å². The van der Waals surface area contributed by atoms with E-state index < -0.39 is 0 Å². The highest BCUT2D eigenvalue weighted by molar-refractivity contribution is 7.98. The summed E-state index contributed by atoms with van der Waals surface area (Å²) in [6, 6.07) is 14.0. The van der Waals surface area contributed by atoms with E-state index in [1.54, 1.807) is 23.9 Å². The van der Waals surface area contributed by atoms with Crippen LogP contribution in [0.15, 0.2) is 47.4 Å². The van der Waals surface area contributed by atoms with Gasteiger partial charge in [-0.1, -0.05) is 35.4 Å². The van der Waals surface area contributed by atoms with Crippen molar-refractivity contribution in [2.24, 2.45) is 0 Å². The predicted octanol–water partition coefficient (Wildman–Crippen LogP) is 4.30. The Hall–Kier alpha value is -1.41. The van der Waals surface area contributed by atoms with E-state index in [4.69, 9.17) is 0 Å². The SMILES string of the molecule is Cc1cc(C)cc(CSc2cccc(O)c2)c1. The summed E-state index contributed by atoms with van der Waals surface area (Å²) >= 11 is 1.75. The van der Waals surface area contributed by atoms with E-state index in [1.807, 2.05) is 12.1 Å². The van der Waals surface area contributed by atoms with Crippen molar-refractivity contribution < 1.29 is 5.11 Å². The Kier molecular flexibility index (Phi) is 3.75. The second-order valence-electron chi connectivity index (χ2n) is 4.28. The minimum Gasteiger partial charge on any atom is -0.508 e. The molecule has 0 spiro atoms. The second kappa shape index (κ2) is 5.28. The molecular weight excluding hydrogens is 228 g/mol. The fourth-order valence-electron chi connectivity index (χ4n) is 1.89. The number of phenolic OH excluding ortho intramolecular Hbond substituents is 1. The van der Waals surface area contributed by atoms with Crippen molar-refractivity contribution in [3.63, 3.8) is 0 Å². The second-order valence-corrected chi connectivity index (χ2v) is 5.33. The van der Waals surface area contributed by atoms with Gasteiger partial charge < -0.3 is 5.11 Å². The highest BCUT2D eigenvalue weighted by Gasteiger charge is 1.99. The fourth-order valence-corrected chi connectivity index (χ4v) is 2.77. The zero-order valence-corrected chi connectivity index (χ0v) is 10.9. The lowest BCUT2D eigenvalue weighted by Crippen LogP contribution is -1.85. The maximum atomic E-state index is 9.39. The van der Waals surface area contributed by atoms with Crippen LogP contribution >= 0.6 is 11.8 Å². The van der Waals surface area contributed by atoms with Crippen LogP contribution in [0.5, 0.6) is 5.75 Å². The van der Waals surface area contributed by atoms with Crippen molar-refractivity contribution in [3.05, 3.63) is 59.2 Å². The average Bonchev–Trinajstić information content (AvgIpc) is 2.25. The largest absolute Gasteiger partial charge is 0.508 e. The summed E-state index contributed by atoms with van der Waals surface area (Å²) in [6.07, 6.45) is 0. The molecule has 0 fully saturated rings. The molecular formula is C15H16OS. The van der Waals surface area contributed by atoms with Gasteiger partial charge in [0.2, 0.25) is 0 Å². The summed E-state index contributed by atoms with van der Waals surface area (Å²) in [5.41, 5.74) is 3.93. The van der Waals surface area contributed by atoms with E-state index in [1.165, 1.54) is 16.7 Å². The number of hydrogen-bond donors (Lipinski definition) is 1. The molecule has 2 aromatic rings. The van der Waals surface area contributed by atoms with E-state index in [-0.39, 0.29) is 0 Å². The van der Waals surface area contributed by atoms with Gasteiger partial charge in [0.05, 0.1) is 0 Å². The molecule has 2 heteroatoms. The molecule has 88 valence electrons. The van der Waals surface area contributed by atoms with E-state index in [9.17, 15) is 5.11 Å². The van der Waals surface area contributed by atoms with Gasteiger partial charge >= 0.3 is 0 Å². The molecule has 0 unspecified atom stereocenters. The van der Waals surface area contributed by atoms with Crippen molar-refractivity contribution in [3.8, 4) is 5.75 Å². The highest BCUT2D eigenvalue weighted by atomic mass is 32.2. The maximum absolute atomic E-state index is 9.39. The lowest BCUT2D eigenvalue weighted by Gasteiger charge is -2.05. The molecule has 0 atom stereocenters. The number of aryl methyl sites for hydroxylation is 2. The summed E-state index contributed by atoms with van der Waals surface area (Å²) in [5.74, 6) is 1.27. The topological polar surface area (TPSA) is 20.2 Å². The third-order valence-corrected chi connectivity index (χ3v) is 3.57. The zero-order valence-electron chi connectivity index (χ0n) is 10.1. The Morgan fingerprint density at radius 3 is 2.35 bits per heavy atom. The first-order valence-corrected chi connectivity index (χ1v) is 6.61. The number of hydrogen-bond acceptors (Lipinski definition) is 2. The highest BCUT2D eigenvalue weighted by Crippen LogP contribution is 2.26. The molecule has 0 heterocycles. The number of benzene rings is 2. The van der Waals surface area contributed by atoms with E-state index in [0.717, 1.165) is 10.6 Å². The maximum Gasteiger partial charge on any atom is 0.116 e. The molecule has 0 aromatic heterocycles. The van der Waals surface area contributed by atoms with Crippen LogP contribution in [-0.4, -0.2) is 5.11 Å². The molecule has 0 aliphatic carbocycles. The van der Waals surface area contributed by atoms with Crippen LogP contribution in [0.4, 0.5) is 0 Å². The van der Waals surface area contributed by atoms with Gasteiger partial charge in [-0.25, -0.2) is 0 Å². The molecule has 0 bridgehead atoms. The van der Waals surface area contributed by atoms with E-state index >= 15 is 0 Å². The Balaban J connectivity index is 2.07. The summed E-state index contributed by atoms with van der Waals surface area (Å²) < 4.78 is 0. The average molecular weight is 244 g/mol. The quantitative estimate of drug-likeness (QED) is 0.812. The molecule has 0 amide bonds. The number of aromatic hydroxyl groups is 1. The van der Waals surface area contributed by atoms with Gasteiger partial charge in [-0.05, 0) is 37.6 Å². The van der Waals surface area contributed by atoms with Crippen molar-refractivity contribution in [2.45, 2.75) is 24.5 Å². The summed E-state index contributed by atoms with van der Waals surface area (Å²) in [7, 11) is 0. The van der Waals surface area contributed by atoms with Gasteiger partial charge in [-0.2, -0.15) is 0 Å². The van der Waals surface area contributed by atoms with Crippen molar-refractivity contribution in [2.75, 3.05) is 0 Å². The molecule has 1 N–H and O–H groups in total. The van der Waals surface area contributed by atoms with E-state index in [0.29, 0.717) is 5.75 Å². The van der Waals surface area contributed by atoms with Gasteiger partial charge in [0.1, 0.15) is 5.75 Å². The summed E-state index contributed by atoms with van der Waals surface area (Å²) in [4.78, 5) is 1.10. The lowest BCUT2D eigenvalue weighted by molar-refractivity contribution is 0.474. The fraction of sp³-hybridized carbons (Fsp3) is 0.200. The molecule has 0 radical (unpaired) electrons. The van der Waals surface area contributed by atoms with Crippen molar-refractivity contribution in [1.82, 2.24) is 0 Å². The van der Waals surface area contributed by atoms with Crippen molar-refractivity contribution >= 4 is 11.8 Å². The Labute approximate surface area is 107 Å². The van der Waals surface area contributed by atoms with Crippen molar-refractivity contribution in [1.29, 1.82) is 0 Å². The first kappa shape index (κ1) is 12.1. The first-order chi connectivity index (χ1) is 8.13. The molecule has 2 rings (SSSR count). The van der Waals surface area contributed by atoms with Gasteiger partial charge in [-0.3, -0.25) is 0 Å². The Morgan fingerprint density at radius 1 is 1.00 bits per heavy atom. The standard InChI is InChI=1S/C15H16OS/c1-11-6-12(2)8-13(7-11)10-17-15-5-3-4-14(16)9-15/h3-9,16H,10H2,1-2H3. The minimum absolute atomic E-state index is 0.329. The van der Waals surface area contributed by atoms with Gasteiger partial charge in [0, 0.05) is 10.6 Å². The molecule has 1 nitrogen and oxygen atoms in total. The Bertz CT molecular complexity index is 500. The molecule has 2 aromatic carbocycles. The Morgan fingerprint density at radius 2 is 1.71 bits per heavy atom. The van der Waals surface area contributed by atoms with Crippen LogP contribution in [0.2, 0.25) is 0 Å². The summed E-state index contributed by atoms with van der Waals surface area (Å²) in [5, 5.41) is 9.39. The zero-order chi connectivity index (χ0) is 12.3. The van der Waals surface area contributed by atoms with Crippen LogP contribution in [0.3, 0.4) is 0 Å². The van der Waals surface area contributed by atoms with Crippen LogP contribution < -0.4 is 0 Å². The third-order valence-electron chi connectivity index (χ3n) is 2.50. The van der Waals surface area contributed by atoms with Crippen LogP contribution in [0, 0.1) is 13.8 Å². The normalized spacial score (nSPS) is 10.5. The number of thioether (sulfide) groups is 1. The molecule has 17 heavy (non-hydrogen) atoms. The number of phenols is 1. The molecule has 0 aliphatic heterocycles. The predicted molar refractivity (Wildman–Crippen MR) is 73.6 cm³/mol. The number of rotatable bonds is 3. The third kappa shape index (κ3) is 3.53. The minimum atomic E-state index is 0.329. The molecule has 0 saturated heterocycles.